The maximum Gasteiger partial charge on any atom is 0.320 e. The minimum absolute atomic E-state index is 0.00955. The SMILES string of the molecule is O=C1CO[C@H]2CCN(C(=O)N3CCC(Cc4ccc(F)cc4F)CC3)C[C@@H]2N1. The molecule has 28 heavy (non-hydrogen) atoms. The van der Waals surface area contributed by atoms with Crippen LogP contribution in [0, 0.1) is 17.6 Å². The zero-order chi connectivity index (χ0) is 19.7. The monoisotopic (exact) mass is 393 g/mol. The quantitative estimate of drug-likeness (QED) is 0.835. The van der Waals surface area contributed by atoms with Crippen LogP contribution in [0.15, 0.2) is 18.2 Å². The maximum atomic E-state index is 13.9. The first-order valence-electron chi connectivity index (χ1n) is 9.88. The molecule has 0 aromatic heterocycles. The summed E-state index contributed by atoms with van der Waals surface area (Å²) in [5.41, 5.74) is 0.529. The fraction of sp³-hybridized carbons (Fsp3) is 0.600. The third-order valence-electron chi connectivity index (χ3n) is 6.00. The fourth-order valence-corrected chi connectivity index (χ4v) is 4.40. The normalized spacial score (nSPS) is 26.0. The van der Waals surface area contributed by atoms with E-state index in [1.54, 1.807) is 4.90 Å². The fourth-order valence-electron chi connectivity index (χ4n) is 4.40. The molecule has 1 N–H and O–H groups in total. The lowest BCUT2D eigenvalue weighted by Gasteiger charge is -2.43. The molecule has 3 aliphatic rings. The lowest BCUT2D eigenvalue weighted by molar-refractivity contribution is -0.139. The van der Waals surface area contributed by atoms with Gasteiger partial charge in [-0.1, -0.05) is 6.07 Å². The molecule has 6 nitrogen and oxygen atoms in total. The van der Waals surface area contributed by atoms with Gasteiger partial charge < -0.3 is 19.9 Å². The summed E-state index contributed by atoms with van der Waals surface area (Å²) in [6.07, 6.45) is 2.85. The van der Waals surface area contributed by atoms with Gasteiger partial charge >= 0.3 is 6.03 Å². The van der Waals surface area contributed by atoms with Gasteiger partial charge in [0.2, 0.25) is 5.91 Å². The van der Waals surface area contributed by atoms with Gasteiger partial charge in [0.15, 0.2) is 0 Å². The molecular weight excluding hydrogens is 368 g/mol. The van der Waals surface area contributed by atoms with Crippen molar-refractivity contribution in [2.45, 2.75) is 37.8 Å². The van der Waals surface area contributed by atoms with Crippen molar-refractivity contribution >= 4 is 11.9 Å². The largest absolute Gasteiger partial charge is 0.366 e. The number of amides is 3. The molecule has 3 amide bonds. The third-order valence-corrected chi connectivity index (χ3v) is 6.00. The molecule has 4 rings (SSSR count). The van der Waals surface area contributed by atoms with Crippen LogP contribution in [0.1, 0.15) is 24.8 Å². The first kappa shape index (κ1) is 19.1. The van der Waals surface area contributed by atoms with Crippen molar-refractivity contribution in [2.75, 3.05) is 32.8 Å². The molecule has 3 heterocycles. The summed E-state index contributed by atoms with van der Waals surface area (Å²) in [5.74, 6) is -0.923. The van der Waals surface area contributed by atoms with Gasteiger partial charge in [-0.05, 0) is 43.2 Å². The van der Waals surface area contributed by atoms with E-state index in [0.29, 0.717) is 38.2 Å². The van der Waals surface area contributed by atoms with Crippen LogP contribution in [0.5, 0.6) is 0 Å². The summed E-state index contributed by atoms with van der Waals surface area (Å²) in [6, 6.07) is 3.56. The van der Waals surface area contributed by atoms with E-state index in [1.807, 2.05) is 4.90 Å². The van der Waals surface area contributed by atoms with Crippen molar-refractivity contribution in [1.29, 1.82) is 0 Å². The second-order valence-corrected chi connectivity index (χ2v) is 7.91. The molecule has 1 aromatic carbocycles. The first-order chi connectivity index (χ1) is 13.5. The zero-order valence-electron chi connectivity index (χ0n) is 15.7. The smallest absolute Gasteiger partial charge is 0.320 e. The Labute approximate surface area is 162 Å². The van der Waals surface area contributed by atoms with Gasteiger partial charge in [0.25, 0.3) is 0 Å². The molecule has 0 bridgehead atoms. The number of carbonyl (C=O) groups is 2. The van der Waals surface area contributed by atoms with Crippen LogP contribution in [-0.2, 0) is 16.0 Å². The molecule has 0 unspecified atom stereocenters. The van der Waals surface area contributed by atoms with E-state index in [0.717, 1.165) is 25.3 Å². The van der Waals surface area contributed by atoms with Crippen LogP contribution in [-0.4, -0.2) is 66.7 Å². The van der Waals surface area contributed by atoms with Crippen molar-refractivity contribution in [3.63, 3.8) is 0 Å². The van der Waals surface area contributed by atoms with Gasteiger partial charge in [-0.3, -0.25) is 4.79 Å². The summed E-state index contributed by atoms with van der Waals surface area (Å²) < 4.78 is 32.5. The molecule has 8 heteroatoms. The highest BCUT2D eigenvalue weighted by atomic mass is 19.1. The Morgan fingerprint density at radius 2 is 1.89 bits per heavy atom. The molecule has 0 spiro atoms. The number of fused-ring (bicyclic) bond motifs is 1. The van der Waals surface area contributed by atoms with Crippen molar-refractivity contribution in [3.05, 3.63) is 35.4 Å². The van der Waals surface area contributed by atoms with E-state index in [2.05, 4.69) is 5.32 Å². The number of likely N-dealkylation sites (tertiary alicyclic amines) is 2. The Bertz CT molecular complexity index is 752. The Balaban J connectivity index is 1.28. The van der Waals surface area contributed by atoms with Crippen LogP contribution in [0.3, 0.4) is 0 Å². The summed E-state index contributed by atoms with van der Waals surface area (Å²) >= 11 is 0. The zero-order valence-corrected chi connectivity index (χ0v) is 15.7. The van der Waals surface area contributed by atoms with Crippen molar-refractivity contribution in [1.82, 2.24) is 15.1 Å². The second-order valence-electron chi connectivity index (χ2n) is 7.91. The van der Waals surface area contributed by atoms with Crippen molar-refractivity contribution < 1.29 is 23.1 Å². The highest BCUT2D eigenvalue weighted by Crippen LogP contribution is 2.25. The van der Waals surface area contributed by atoms with Crippen LogP contribution < -0.4 is 5.32 Å². The first-order valence-corrected chi connectivity index (χ1v) is 9.88. The average Bonchev–Trinajstić information content (AvgIpc) is 2.69. The van der Waals surface area contributed by atoms with Crippen LogP contribution in [0.25, 0.3) is 0 Å². The lowest BCUT2D eigenvalue weighted by atomic mass is 9.90. The third kappa shape index (κ3) is 4.11. The molecule has 0 aliphatic carbocycles. The van der Waals surface area contributed by atoms with E-state index in [-0.39, 0.29) is 36.6 Å². The molecule has 0 radical (unpaired) electrons. The number of ether oxygens (including phenoxy) is 1. The Morgan fingerprint density at radius 1 is 1.14 bits per heavy atom. The number of carbonyl (C=O) groups excluding carboxylic acids is 2. The number of nitrogens with one attached hydrogen (secondary N) is 1. The Kier molecular flexibility index (Phi) is 5.48. The van der Waals surface area contributed by atoms with Gasteiger partial charge in [-0.2, -0.15) is 0 Å². The summed E-state index contributed by atoms with van der Waals surface area (Å²) in [4.78, 5) is 28.0. The minimum atomic E-state index is -0.565. The predicted octanol–water partition coefficient (Wildman–Crippen LogP) is 1.93. The Morgan fingerprint density at radius 3 is 2.64 bits per heavy atom. The average molecular weight is 393 g/mol. The molecule has 0 saturated carbocycles. The van der Waals surface area contributed by atoms with Gasteiger partial charge in [0.1, 0.15) is 18.2 Å². The van der Waals surface area contributed by atoms with E-state index in [1.165, 1.54) is 12.1 Å². The molecule has 1 aromatic rings. The summed E-state index contributed by atoms with van der Waals surface area (Å²) in [7, 11) is 0. The van der Waals surface area contributed by atoms with Crippen molar-refractivity contribution in [2.24, 2.45) is 5.92 Å². The number of benzene rings is 1. The number of urea groups is 1. The second kappa shape index (κ2) is 8.03. The lowest BCUT2D eigenvalue weighted by Crippen LogP contribution is -2.62. The highest BCUT2D eigenvalue weighted by molar-refractivity contribution is 5.79. The van der Waals surface area contributed by atoms with E-state index >= 15 is 0 Å². The molecule has 152 valence electrons. The summed E-state index contributed by atoms with van der Waals surface area (Å²) in [5, 5.41) is 2.91. The summed E-state index contributed by atoms with van der Waals surface area (Å²) in [6.45, 7) is 2.43. The molecule has 3 aliphatic heterocycles. The van der Waals surface area contributed by atoms with Gasteiger partial charge in [-0.25, -0.2) is 13.6 Å². The van der Waals surface area contributed by atoms with Gasteiger partial charge in [-0.15, -0.1) is 0 Å². The Hall–Kier alpha value is -2.22. The number of rotatable bonds is 2. The van der Waals surface area contributed by atoms with Crippen molar-refractivity contribution in [3.8, 4) is 0 Å². The standard InChI is InChI=1S/C20H25F2N3O3/c21-15-2-1-14(16(22)10-15)9-13-3-6-24(7-4-13)20(27)25-8-5-18-17(11-25)23-19(26)12-28-18/h1-2,10,13,17-18H,3-9,11-12H2,(H,23,26)/t17-,18-/m0/s1. The number of hydrogen-bond acceptors (Lipinski definition) is 3. The van der Waals surface area contributed by atoms with Crippen LogP contribution >= 0.6 is 0 Å². The maximum absolute atomic E-state index is 13.9. The number of hydrogen-bond donors (Lipinski definition) is 1. The molecular formula is C20H25F2N3O3. The number of morpholine rings is 1. The molecule has 2 atom stereocenters. The number of halogens is 2. The number of piperidine rings is 2. The number of nitrogens with zero attached hydrogens (tertiary/aromatic N) is 2. The van der Waals surface area contributed by atoms with E-state index < -0.39 is 11.6 Å². The van der Waals surface area contributed by atoms with Crippen LogP contribution in [0.2, 0.25) is 0 Å². The highest BCUT2D eigenvalue weighted by Gasteiger charge is 2.38. The topological polar surface area (TPSA) is 61.9 Å². The minimum Gasteiger partial charge on any atom is -0.366 e. The van der Waals surface area contributed by atoms with Gasteiger partial charge in [0, 0.05) is 32.2 Å². The van der Waals surface area contributed by atoms with Gasteiger partial charge in [0.05, 0.1) is 12.1 Å². The molecule has 3 fully saturated rings. The molecule has 3 saturated heterocycles. The van der Waals surface area contributed by atoms with Crippen LogP contribution in [0.4, 0.5) is 13.6 Å². The predicted molar refractivity (Wildman–Crippen MR) is 97.6 cm³/mol. The van der Waals surface area contributed by atoms with E-state index in [9.17, 15) is 18.4 Å². The van der Waals surface area contributed by atoms with E-state index in [4.69, 9.17) is 4.74 Å².